The Balaban J connectivity index is 1.26. The Bertz CT molecular complexity index is 1340. The van der Waals surface area contributed by atoms with Gasteiger partial charge in [-0.05, 0) is 66.9 Å². The first kappa shape index (κ1) is 24.4. The minimum atomic E-state index is -0.0798. The summed E-state index contributed by atoms with van der Waals surface area (Å²) in [5.74, 6) is 0.596. The van der Waals surface area contributed by atoms with Crippen LogP contribution < -0.4 is 10.6 Å². The molecule has 0 atom stereocenters. The lowest BCUT2D eigenvalue weighted by Gasteiger charge is -2.32. The third kappa shape index (κ3) is 5.73. The highest BCUT2D eigenvalue weighted by Crippen LogP contribution is 2.35. The average molecular weight is 501 g/mol. The molecular formula is C28H32N6OS. The third-order valence-electron chi connectivity index (χ3n) is 6.64. The molecule has 2 aromatic carbocycles. The molecule has 1 fully saturated rings. The van der Waals surface area contributed by atoms with E-state index in [2.05, 4.69) is 56.7 Å². The SMILES string of the molecule is CNC(=O)c1cccc(-c2ccc3cc(-c4ccnc(NCCCN5CCN(C)CC5)n4)sc3c2)c1. The standard InChI is InChI=1S/C28H32N6OS/c1-29-27(35)23-6-3-5-20(17-23)21-7-8-22-19-26(36-25(22)18-21)24-9-11-31-28(32-24)30-10-4-12-34-15-13-33(2)14-16-34/h3,5-9,11,17-19H,4,10,12-16H2,1-2H3,(H,29,35)(H,30,31,32). The van der Waals surface area contributed by atoms with Gasteiger partial charge >= 0.3 is 0 Å². The second-order valence-corrected chi connectivity index (χ2v) is 10.3. The summed E-state index contributed by atoms with van der Waals surface area (Å²) in [6, 6.07) is 18.3. The molecule has 0 aliphatic carbocycles. The second-order valence-electron chi connectivity index (χ2n) is 9.21. The van der Waals surface area contributed by atoms with E-state index >= 15 is 0 Å². The smallest absolute Gasteiger partial charge is 0.251 e. The number of carbonyl (C=O) groups is 1. The molecule has 0 spiro atoms. The molecule has 3 heterocycles. The third-order valence-corrected chi connectivity index (χ3v) is 7.76. The number of hydrogen-bond donors (Lipinski definition) is 2. The number of nitrogens with one attached hydrogen (secondary N) is 2. The van der Waals surface area contributed by atoms with Crippen LogP contribution in [0.1, 0.15) is 16.8 Å². The largest absolute Gasteiger partial charge is 0.355 e. The molecular weight excluding hydrogens is 468 g/mol. The van der Waals surface area contributed by atoms with Gasteiger partial charge in [-0.25, -0.2) is 9.97 Å². The van der Waals surface area contributed by atoms with E-state index in [-0.39, 0.29) is 5.91 Å². The molecule has 0 unspecified atom stereocenters. The summed E-state index contributed by atoms with van der Waals surface area (Å²) in [7, 11) is 3.84. The predicted octanol–water partition coefficient (Wildman–Crippen LogP) is 4.43. The minimum absolute atomic E-state index is 0.0798. The van der Waals surface area contributed by atoms with Crippen molar-refractivity contribution >= 4 is 33.3 Å². The van der Waals surface area contributed by atoms with Gasteiger partial charge in [0.05, 0.1) is 10.6 Å². The van der Waals surface area contributed by atoms with Crippen LogP contribution in [-0.2, 0) is 0 Å². The molecule has 7 nitrogen and oxygen atoms in total. The lowest BCUT2D eigenvalue weighted by molar-refractivity contribution is 0.0963. The topological polar surface area (TPSA) is 73.4 Å². The molecule has 0 bridgehead atoms. The zero-order chi connectivity index (χ0) is 24.9. The fourth-order valence-electron chi connectivity index (χ4n) is 4.48. The summed E-state index contributed by atoms with van der Waals surface area (Å²) in [4.78, 5) is 27.3. The number of anilines is 1. The molecule has 4 aromatic rings. The highest BCUT2D eigenvalue weighted by Gasteiger charge is 2.13. The van der Waals surface area contributed by atoms with Crippen LogP contribution in [0, 0.1) is 0 Å². The lowest BCUT2D eigenvalue weighted by atomic mass is 10.0. The van der Waals surface area contributed by atoms with E-state index in [9.17, 15) is 4.79 Å². The molecule has 0 saturated carbocycles. The van der Waals surface area contributed by atoms with Crippen LogP contribution in [0.4, 0.5) is 5.95 Å². The Morgan fingerprint density at radius 2 is 1.86 bits per heavy atom. The number of likely N-dealkylation sites (N-methyl/N-ethyl adjacent to an activating group) is 1. The van der Waals surface area contributed by atoms with E-state index in [1.165, 1.54) is 10.1 Å². The summed E-state index contributed by atoms with van der Waals surface area (Å²) < 4.78 is 1.19. The molecule has 186 valence electrons. The van der Waals surface area contributed by atoms with Crippen molar-refractivity contribution in [1.82, 2.24) is 25.1 Å². The highest BCUT2D eigenvalue weighted by atomic mass is 32.1. The number of aromatic nitrogens is 2. The van der Waals surface area contributed by atoms with Crippen molar-refractivity contribution in [2.24, 2.45) is 0 Å². The number of benzene rings is 2. The van der Waals surface area contributed by atoms with Crippen molar-refractivity contribution in [3.8, 4) is 21.7 Å². The molecule has 2 aromatic heterocycles. The van der Waals surface area contributed by atoms with Crippen molar-refractivity contribution in [2.45, 2.75) is 6.42 Å². The Morgan fingerprint density at radius 3 is 2.69 bits per heavy atom. The van der Waals surface area contributed by atoms with E-state index < -0.39 is 0 Å². The van der Waals surface area contributed by atoms with Crippen molar-refractivity contribution < 1.29 is 4.79 Å². The van der Waals surface area contributed by atoms with Crippen molar-refractivity contribution in [3.05, 3.63) is 66.4 Å². The van der Waals surface area contributed by atoms with Crippen molar-refractivity contribution in [3.63, 3.8) is 0 Å². The maximum Gasteiger partial charge on any atom is 0.251 e. The minimum Gasteiger partial charge on any atom is -0.355 e. The van der Waals surface area contributed by atoms with E-state index in [4.69, 9.17) is 4.98 Å². The lowest BCUT2D eigenvalue weighted by Crippen LogP contribution is -2.44. The van der Waals surface area contributed by atoms with Crippen LogP contribution >= 0.6 is 11.3 Å². The van der Waals surface area contributed by atoms with Gasteiger partial charge in [0, 0.05) is 56.2 Å². The fraction of sp³-hybridized carbons (Fsp3) is 0.321. The van der Waals surface area contributed by atoms with Gasteiger partial charge in [-0.2, -0.15) is 0 Å². The maximum atomic E-state index is 12.0. The first-order valence-electron chi connectivity index (χ1n) is 12.4. The normalized spacial score (nSPS) is 14.7. The molecule has 5 rings (SSSR count). The number of fused-ring (bicyclic) bond motifs is 1. The molecule has 2 N–H and O–H groups in total. The van der Waals surface area contributed by atoms with Gasteiger partial charge < -0.3 is 20.4 Å². The number of rotatable bonds is 8. The quantitative estimate of drug-likeness (QED) is 0.349. The van der Waals surface area contributed by atoms with Gasteiger partial charge in [-0.3, -0.25) is 4.79 Å². The van der Waals surface area contributed by atoms with Gasteiger partial charge in [-0.15, -0.1) is 11.3 Å². The summed E-state index contributed by atoms with van der Waals surface area (Å²) in [5, 5.41) is 7.27. The molecule has 1 saturated heterocycles. The maximum absolute atomic E-state index is 12.0. The molecule has 8 heteroatoms. The number of amides is 1. The van der Waals surface area contributed by atoms with E-state index in [0.717, 1.165) is 67.4 Å². The highest BCUT2D eigenvalue weighted by molar-refractivity contribution is 7.22. The van der Waals surface area contributed by atoms with Gasteiger partial charge in [0.25, 0.3) is 5.91 Å². The van der Waals surface area contributed by atoms with E-state index in [1.807, 2.05) is 36.5 Å². The van der Waals surface area contributed by atoms with Crippen LogP contribution in [0.3, 0.4) is 0 Å². The molecule has 1 amide bonds. The van der Waals surface area contributed by atoms with Gasteiger partial charge in [0.2, 0.25) is 5.95 Å². The van der Waals surface area contributed by atoms with Crippen LogP contribution in [0.5, 0.6) is 0 Å². The Morgan fingerprint density at radius 1 is 1.03 bits per heavy atom. The van der Waals surface area contributed by atoms with Crippen LogP contribution in [-0.4, -0.2) is 79.0 Å². The number of hydrogen-bond acceptors (Lipinski definition) is 7. The molecule has 0 radical (unpaired) electrons. The Hall–Kier alpha value is -3.33. The zero-order valence-corrected chi connectivity index (χ0v) is 21.6. The van der Waals surface area contributed by atoms with E-state index in [0.29, 0.717) is 11.5 Å². The van der Waals surface area contributed by atoms with Crippen molar-refractivity contribution in [1.29, 1.82) is 0 Å². The zero-order valence-electron chi connectivity index (χ0n) is 20.8. The Kier molecular flexibility index (Phi) is 7.55. The molecule has 1 aliphatic rings. The number of carbonyl (C=O) groups excluding carboxylic acids is 1. The summed E-state index contributed by atoms with van der Waals surface area (Å²) >= 11 is 1.72. The van der Waals surface area contributed by atoms with Crippen molar-refractivity contribution in [2.75, 3.05) is 58.7 Å². The first-order chi connectivity index (χ1) is 17.6. The van der Waals surface area contributed by atoms with Crippen LogP contribution in [0.25, 0.3) is 31.8 Å². The van der Waals surface area contributed by atoms with Crippen LogP contribution in [0.15, 0.2) is 60.8 Å². The molecule has 1 aliphatic heterocycles. The Labute approximate surface area is 216 Å². The fourth-order valence-corrected chi connectivity index (χ4v) is 5.55. The number of thiophene rings is 1. The summed E-state index contributed by atoms with van der Waals surface area (Å²) in [5.41, 5.74) is 3.70. The van der Waals surface area contributed by atoms with E-state index in [1.54, 1.807) is 18.4 Å². The average Bonchev–Trinajstić information content (AvgIpc) is 3.35. The second kappa shape index (κ2) is 11.2. The monoisotopic (exact) mass is 500 g/mol. The summed E-state index contributed by atoms with van der Waals surface area (Å²) in [6.45, 7) is 6.56. The van der Waals surface area contributed by atoms with Gasteiger partial charge in [-0.1, -0.05) is 24.3 Å². The number of piperazine rings is 1. The van der Waals surface area contributed by atoms with Gasteiger partial charge in [0.1, 0.15) is 0 Å². The van der Waals surface area contributed by atoms with Crippen LogP contribution in [0.2, 0.25) is 0 Å². The predicted molar refractivity (Wildman–Crippen MR) is 149 cm³/mol. The number of nitrogens with zero attached hydrogens (tertiary/aromatic N) is 4. The first-order valence-corrected chi connectivity index (χ1v) is 13.2. The van der Waals surface area contributed by atoms with Gasteiger partial charge in [0.15, 0.2) is 0 Å². The molecule has 36 heavy (non-hydrogen) atoms. The summed E-state index contributed by atoms with van der Waals surface area (Å²) in [6.07, 6.45) is 2.90.